The quantitative estimate of drug-likeness (QED) is 0.551. The zero-order valence-corrected chi connectivity index (χ0v) is 19.4. The van der Waals surface area contributed by atoms with Gasteiger partial charge in [-0.25, -0.2) is 8.42 Å². The fourth-order valence-electron chi connectivity index (χ4n) is 3.58. The number of nitrogens with zero attached hydrogens (tertiary/aromatic N) is 1. The molecule has 1 atom stereocenters. The maximum atomic E-state index is 13.6. The lowest BCUT2D eigenvalue weighted by Gasteiger charge is -2.25. The highest BCUT2D eigenvalue weighted by atomic mass is 35.5. The van der Waals surface area contributed by atoms with E-state index in [0.29, 0.717) is 27.8 Å². The Morgan fingerprint density at radius 2 is 1.62 bits per heavy atom. The van der Waals surface area contributed by atoms with Crippen molar-refractivity contribution in [2.24, 2.45) is 0 Å². The van der Waals surface area contributed by atoms with E-state index in [9.17, 15) is 8.42 Å². The first kappa shape index (κ1) is 22.2. The molecule has 0 aromatic heterocycles. The van der Waals surface area contributed by atoms with Gasteiger partial charge in [0.05, 0.1) is 30.9 Å². The number of nitrogens with one attached hydrogen (secondary N) is 1. The molecule has 0 spiro atoms. The summed E-state index contributed by atoms with van der Waals surface area (Å²) in [7, 11) is -0.766. The van der Waals surface area contributed by atoms with E-state index in [0.717, 1.165) is 11.1 Å². The summed E-state index contributed by atoms with van der Waals surface area (Å²) in [6.07, 6.45) is 1.84. The molecule has 0 unspecified atom stereocenters. The first-order valence-electron chi connectivity index (χ1n) is 9.91. The number of hydrazine groups is 1. The van der Waals surface area contributed by atoms with Crippen molar-refractivity contribution >= 4 is 27.3 Å². The summed E-state index contributed by atoms with van der Waals surface area (Å²) >= 11 is 6.45. The van der Waals surface area contributed by atoms with E-state index in [2.05, 4.69) is 5.43 Å². The Morgan fingerprint density at radius 1 is 0.938 bits per heavy atom. The number of sulfonamides is 1. The fraction of sp³-hybridized carbons (Fsp3) is 0.167. The van der Waals surface area contributed by atoms with Crippen LogP contribution in [0.4, 0.5) is 0 Å². The van der Waals surface area contributed by atoms with Gasteiger partial charge < -0.3 is 14.9 Å². The molecule has 0 radical (unpaired) electrons. The average Bonchev–Trinajstić information content (AvgIpc) is 3.25. The highest BCUT2D eigenvalue weighted by Gasteiger charge is 2.38. The number of hydrogen-bond donors (Lipinski definition) is 1. The van der Waals surface area contributed by atoms with E-state index < -0.39 is 16.1 Å². The van der Waals surface area contributed by atoms with Crippen LogP contribution in [0, 0.1) is 6.92 Å². The van der Waals surface area contributed by atoms with Crippen molar-refractivity contribution in [3.8, 4) is 11.5 Å². The molecule has 4 rings (SSSR count). The molecule has 0 saturated carbocycles. The second-order valence-electron chi connectivity index (χ2n) is 7.34. The van der Waals surface area contributed by atoms with Crippen LogP contribution < -0.4 is 14.9 Å². The highest BCUT2D eigenvalue weighted by molar-refractivity contribution is 7.89. The Morgan fingerprint density at radius 3 is 2.28 bits per heavy atom. The Kier molecular flexibility index (Phi) is 6.15. The normalized spacial score (nSPS) is 16.4. The first-order valence-corrected chi connectivity index (χ1v) is 11.7. The SMILES string of the molecule is COc1ccc(C2=C[C@H](c3ccccc3Cl)N(S(=O)(=O)c3ccc(C)cc3)N2)cc1OC. The van der Waals surface area contributed by atoms with Crippen LogP contribution in [0.2, 0.25) is 5.02 Å². The lowest BCUT2D eigenvalue weighted by molar-refractivity contribution is 0.347. The Labute approximate surface area is 193 Å². The van der Waals surface area contributed by atoms with Gasteiger partial charge in [-0.2, -0.15) is 0 Å². The van der Waals surface area contributed by atoms with Crippen molar-refractivity contribution in [1.29, 1.82) is 0 Å². The number of ether oxygens (including phenoxy) is 2. The third-order valence-corrected chi connectivity index (χ3v) is 7.35. The summed E-state index contributed by atoms with van der Waals surface area (Å²) in [5.41, 5.74) is 6.10. The molecular weight excluding hydrogens is 448 g/mol. The Hall–Kier alpha value is -3.00. The second kappa shape index (κ2) is 8.86. The monoisotopic (exact) mass is 470 g/mol. The Balaban J connectivity index is 1.81. The van der Waals surface area contributed by atoms with Crippen LogP contribution in [-0.4, -0.2) is 27.1 Å². The first-order chi connectivity index (χ1) is 15.3. The summed E-state index contributed by atoms with van der Waals surface area (Å²) in [5.74, 6) is 1.13. The molecule has 0 amide bonds. The maximum absolute atomic E-state index is 13.6. The molecular formula is C24H23ClN2O4S. The van der Waals surface area contributed by atoms with E-state index in [4.69, 9.17) is 21.1 Å². The summed E-state index contributed by atoms with van der Waals surface area (Å²) in [6.45, 7) is 1.91. The molecule has 6 nitrogen and oxygen atoms in total. The molecule has 3 aromatic rings. The van der Waals surface area contributed by atoms with Gasteiger partial charge in [0.25, 0.3) is 10.0 Å². The summed E-state index contributed by atoms with van der Waals surface area (Å²) < 4.78 is 39.1. The molecule has 166 valence electrons. The largest absolute Gasteiger partial charge is 0.493 e. The van der Waals surface area contributed by atoms with Crippen molar-refractivity contribution in [3.05, 3.63) is 94.5 Å². The van der Waals surface area contributed by atoms with E-state index in [1.807, 2.05) is 37.3 Å². The van der Waals surface area contributed by atoms with Gasteiger partial charge in [-0.05, 0) is 55.0 Å². The molecule has 1 heterocycles. The average molecular weight is 471 g/mol. The summed E-state index contributed by atoms with van der Waals surface area (Å²) in [5, 5.41) is 0.480. The zero-order valence-electron chi connectivity index (χ0n) is 17.9. The van der Waals surface area contributed by atoms with Crippen LogP contribution in [0.25, 0.3) is 5.70 Å². The minimum Gasteiger partial charge on any atom is -0.493 e. The van der Waals surface area contributed by atoms with Gasteiger partial charge in [0.1, 0.15) is 0 Å². The predicted octanol–water partition coefficient (Wildman–Crippen LogP) is 4.96. The van der Waals surface area contributed by atoms with E-state index in [-0.39, 0.29) is 4.90 Å². The van der Waals surface area contributed by atoms with Crippen LogP contribution >= 0.6 is 11.6 Å². The number of hydrogen-bond acceptors (Lipinski definition) is 5. The van der Waals surface area contributed by atoms with E-state index in [1.165, 1.54) is 4.41 Å². The van der Waals surface area contributed by atoms with Crippen LogP contribution in [-0.2, 0) is 10.0 Å². The van der Waals surface area contributed by atoms with E-state index in [1.54, 1.807) is 56.7 Å². The van der Waals surface area contributed by atoms with Crippen molar-refractivity contribution in [1.82, 2.24) is 9.84 Å². The maximum Gasteiger partial charge on any atom is 0.260 e. The van der Waals surface area contributed by atoms with Crippen molar-refractivity contribution in [2.75, 3.05) is 14.2 Å². The number of rotatable bonds is 6. The van der Waals surface area contributed by atoms with Gasteiger partial charge in [0.15, 0.2) is 11.5 Å². The van der Waals surface area contributed by atoms with Crippen molar-refractivity contribution in [3.63, 3.8) is 0 Å². The van der Waals surface area contributed by atoms with E-state index >= 15 is 0 Å². The molecule has 3 aromatic carbocycles. The molecule has 8 heteroatoms. The molecule has 0 fully saturated rings. The number of benzene rings is 3. The minimum atomic E-state index is -3.88. The minimum absolute atomic E-state index is 0.189. The van der Waals surface area contributed by atoms with Gasteiger partial charge in [0, 0.05) is 10.6 Å². The number of methoxy groups -OCH3 is 2. The molecule has 0 bridgehead atoms. The zero-order chi connectivity index (χ0) is 22.9. The number of aryl methyl sites for hydroxylation is 1. The van der Waals surface area contributed by atoms with Crippen molar-refractivity contribution < 1.29 is 17.9 Å². The van der Waals surface area contributed by atoms with Crippen LogP contribution in [0.3, 0.4) is 0 Å². The third-order valence-electron chi connectivity index (χ3n) is 5.30. The molecule has 0 aliphatic carbocycles. The van der Waals surface area contributed by atoms with Crippen LogP contribution in [0.15, 0.2) is 77.7 Å². The number of halogens is 1. The Bertz CT molecular complexity index is 1270. The fourth-order valence-corrected chi connectivity index (χ4v) is 5.23. The topological polar surface area (TPSA) is 67.9 Å². The molecule has 1 aliphatic heterocycles. The summed E-state index contributed by atoms with van der Waals surface area (Å²) in [6, 6.07) is 18.7. The lowest BCUT2D eigenvalue weighted by atomic mass is 10.1. The summed E-state index contributed by atoms with van der Waals surface area (Å²) in [4.78, 5) is 0.189. The van der Waals surface area contributed by atoms with Crippen LogP contribution in [0.5, 0.6) is 11.5 Å². The van der Waals surface area contributed by atoms with Gasteiger partial charge in [-0.3, -0.25) is 0 Å². The van der Waals surface area contributed by atoms with Crippen molar-refractivity contribution in [2.45, 2.75) is 17.9 Å². The standard InChI is InChI=1S/C24H23ClN2O4S/c1-16-8-11-18(12-9-16)32(28,29)27-22(19-6-4-5-7-20(19)25)15-21(26-27)17-10-13-23(30-2)24(14-17)31-3/h4-15,22,26H,1-3H3/t22-/m1/s1. The lowest BCUT2D eigenvalue weighted by Crippen LogP contribution is -2.39. The van der Waals surface area contributed by atoms with Gasteiger partial charge in [-0.1, -0.05) is 47.5 Å². The second-order valence-corrected chi connectivity index (χ2v) is 9.56. The molecule has 1 N–H and O–H groups in total. The molecule has 32 heavy (non-hydrogen) atoms. The third kappa shape index (κ3) is 4.07. The highest BCUT2D eigenvalue weighted by Crippen LogP contribution is 2.39. The van der Waals surface area contributed by atoms with Crippen LogP contribution in [0.1, 0.15) is 22.7 Å². The van der Waals surface area contributed by atoms with Gasteiger partial charge in [0.2, 0.25) is 0 Å². The van der Waals surface area contributed by atoms with Gasteiger partial charge in [-0.15, -0.1) is 4.41 Å². The molecule has 1 aliphatic rings. The predicted molar refractivity (Wildman–Crippen MR) is 125 cm³/mol. The molecule has 0 saturated heterocycles. The smallest absolute Gasteiger partial charge is 0.260 e. The van der Waals surface area contributed by atoms with Gasteiger partial charge >= 0.3 is 0 Å².